The van der Waals surface area contributed by atoms with Gasteiger partial charge in [-0.1, -0.05) is 23.7 Å². The molecule has 1 amide bonds. The van der Waals surface area contributed by atoms with Gasteiger partial charge in [0.1, 0.15) is 0 Å². The normalized spacial score (nSPS) is 30.4. The summed E-state index contributed by atoms with van der Waals surface area (Å²) in [5.41, 5.74) is 7.12. The van der Waals surface area contributed by atoms with Crippen LogP contribution in [0.15, 0.2) is 24.3 Å². The van der Waals surface area contributed by atoms with Gasteiger partial charge in [0.05, 0.1) is 5.92 Å². The van der Waals surface area contributed by atoms with Crippen molar-refractivity contribution in [2.45, 2.75) is 31.7 Å². The zero-order valence-corrected chi connectivity index (χ0v) is 12.5. The van der Waals surface area contributed by atoms with Gasteiger partial charge in [-0.05, 0) is 49.3 Å². The fraction of sp³-hybridized carbons (Fsp3) is 0.562. The molecule has 3 rings (SSSR count). The number of nitrogens with zero attached hydrogens (tertiary/aromatic N) is 1. The van der Waals surface area contributed by atoms with Crippen LogP contribution in [0.1, 0.15) is 31.2 Å². The highest BCUT2D eigenvalue weighted by Gasteiger charge is 2.43. The second-order valence-electron chi connectivity index (χ2n) is 6.19. The lowest BCUT2D eigenvalue weighted by molar-refractivity contribution is -0.131. The van der Waals surface area contributed by atoms with Crippen LogP contribution in [0.3, 0.4) is 0 Å². The SMILES string of the molecule is CC(C(=O)N1CC2CCC(N)C2C1)c1cccc(Cl)c1. The molecule has 0 bridgehead atoms. The van der Waals surface area contributed by atoms with Crippen LogP contribution in [-0.4, -0.2) is 29.9 Å². The number of benzene rings is 1. The number of amides is 1. The summed E-state index contributed by atoms with van der Waals surface area (Å²) in [6.45, 7) is 3.67. The molecule has 1 heterocycles. The molecule has 0 spiro atoms. The Balaban J connectivity index is 1.71. The van der Waals surface area contributed by atoms with Crippen molar-refractivity contribution < 1.29 is 4.79 Å². The molecule has 1 aromatic rings. The molecule has 108 valence electrons. The summed E-state index contributed by atoms with van der Waals surface area (Å²) in [4.78, 5) is 14.6. The predicted octanol–water partition coefficient (Wildman–Crippen LogP) is 2.64. The lowest BCUT2D eigenvalue weighted by Crippen LogP contribution is -2.35. The van der Waals surface area contributed by atoms with Crippen molar-refractivity contribution in [1.82, 2.24) is 4.90 Å². The Labute approximate surface area is 125 Å². The second-order valence-corrected chi connectivity index (χ2v) is 6.62. The number of carbonyl (C=O) groups is 1. The molecule has 1 aliphatic heterocycles. The van der Waals surface area contributed by atoms with Crippen LogP contribution >= 0.6 is 11.6 Å². The van der Waals surface area contributed by atoms with E-state index in [0.717, 1.165) is 25.1 Å². The Kier molecular flexibility index (Phi) is 3.74. The maximum Gasteiger partial charge on any atom is 0.229 e. The van der Waals surface area contributed by atoms with E-state index in [-0.39, 0.29) is 17.9 Å². The average molecular weight is 293 g/mol. The van der Waals surface area contributed by atoms with Crippen molar-refractivity contribution in [3.63, 3.8) is 0 Å². The van der Waals surface area contributed by atoms with E-state index in [0.29, 0.717) is 16.9 Å². The van der Waals surface area contributed by atoms with Crippen molar-refractivity contribution in [2.75, 3.05) is 13.1 Å². The number of carbonyl (C=O) groups excluding carboxylic acids is 1. The summed E-state index contributed by atoms with van der Waals surface area (Å²) < 4.78 is 0. The van der Waals surface area contributed by atoms with Gasteiger partial charge in [0.15, 0.2) is 0 Å². The van der Waals surface area contributed by atoms with Gasteiger partial charge in [0, 0.05) is 24.2 Å². The summed E-state index contributed by atoms with van der Waals surface area (Å²) in [5, 5.41) is 0.683. The monoisotopic (exact) mass is 292 g/mol. The number of fused-ring (bicyclic) bond motifs is 1. The van der Waals surface area contributed by atoms with E-state index >= 15 is 0 Å². The second kappa shape index (κ2) is 5.38. The molecule has 2 fully saturated rings. The third kappa shape index (κ3) is 2.45. The van der Waals surface area contributed by atoms with Crippen LogP contribution in [0.5, 0.6) is 0 Å². The molecule has 0 radical (unpaired) electrons. The third-order valence-electron chi connectivity index (χ3n) is 4.94. The molecular weight excluding hydrogens is 272 g/mol. The first-order valence-electron chi connectivity index (χ1n) is 7.36. The molecule has 2 aliphatic rings. The van der Waals surface area contributed by atoms with Gasteiger partial charge in [-0.3, -0.25) is 4.79 Å². The molecule has 1 saturated carbocycles. The number of halogens is 1. The molecule has 20 heavy (non-hydrogen) atoms. The Morgan fingerprint density at radius 3 is 2.90 bits per heavy atom. The maximum atomic E-state index is 12.6. The van der Waals surface area contributed by atoms with E-state index in [1.54, 1.807) is 0 Å². The van der Waals surface area contributed by atoms with Crippen molar-refractivity contribution >= 4 is 17.5 Å². The number of hydrogen-bond acceptors (Lipinski definition) is 2. The Hall–Kier alpha value is -1.06. The van der Waals surface area contributed by atoms with E-state index < -0.39 is 0 Å². The van der Waals surface area contributed by atoms with Gasteiger partial charge < -0.3 is 10.6 Å². The van der Waals surface area contributed by atoms with Crippen LogP contribution in [0, 0.1) is 11.8 Å². The summed E-state index contributed by atoms with van der Waals surface area (Å²) in [7, 11) is 0. The Morgan fingerprint density at radius 2 is 2.20 bits per heavy atom. The largest absolute Gasteiger partial charge is 0.342 e. The van der Waals surface area contributed by atoms with Crippen molar-refractivity contribution in [1.29, 1.82) is 0 Å². The summed E-state index contributed by atoms with van der Waals surface area (Å²) in [6, 6.07) is 7.86. The van der Waals surface area contributed by atoms with Crippen LogP contribution < -0.4 is 5.73 Å². The quantitative estimate of drug-likeness (QED) is 0.911. The maximum absolute atomic E-state index is 12.6. The van der Waals surface area contributed by atoms with Crippen LogP contribution in [0.4, 0.5) is 0 Å². The standard InChI is InChI=1S/C16H21ClN2O/c1-10(11-3-2-4-13(17)7-11)16(20)19-8-12-5-6-15(18)14(12)9-19/h2-4,7,10,12,14-15H,5-6,8-9,18H2,1H3. The van der Waals surface area contributed by atoms with E-state index in [1.807, 2.05) is 36.1 Å². The van der Waals surface area contributed by atoms with Gasteiger partial charge in [-0.2, -0.15) is 0 Å². The third-order valence-corrected chi connectivity index (χ3v) is 5.18. The number of likely N-dealkylation sites (tertiary alicyclic amines) is 1. The number of nitrogens with two attached hydrogens (primary N) is 1. The van der Waals surface area contributed by atoms with E-state index in [4.69, 9.17) is 17.3 Å². The molecule has 1 aromatic carbocycles. The molecule has 1 saturated heterocycles. The fourth-order valence-electron chi connectivity index (χ4n) is 3.68. The Bertz CT molecular complexity index is 519. The van der Waals surface area contributed by atoms with E-state index in [1.165, 1.54) is 6.42 Å². The van der Waals surface area contributed by atoms with Crippen LogP contribution in [0.25, 0.3) is 0 Å². The summed E-state index contributed by atoms with van der Waals surface area (Å²) in [6.07, 6.45) is 2.28. The number of rotatable bonds is 2. The van der Waals surface area contributed by atoms with E-state index in [2.05, 4.69) is 0 Å². The molecule has 3 nitrogen and oxygen atoms in total. The highest BCUT2D eigenvalue weighted by Crippen LogP contribution is 2.38. The van der Waals surface area contributed by atoms with Gasteiger partial charge in [-0.25, -0.2) is 0 Å². The Morgan fingerprint density at radius 1 is 1.40 bits per heavy atom. The number of hydrogen-bond donors (Lipinski definition) is 1. The zero-order valence-electron chi connectivity index (χ0n) is 11.8. The van der Waals surface area contributed by atoms with Gasteiger partial charge >= 0.3 is 0 Å². The zero-order chi connectivity index (χ0) is 14.3. The van der Waals surface area contributed by atoms with Crippen molar-refractivity contribution in [2.24, 2.45) is 17.6 Å². The molecule has 4 atom stereocenters. The molecule has 0 aromatic heterocycles. The average Bonchev–Trinajstić information content (AvgIpc) is 3.00. The fourth-order valence-corrected chi connectivity index (χ4v) is 3.88. The van der Waals surface area contributed by atoms with Crippen LogP contribution in [0.2, 0.25) is 5.02 Å². The van der Waals surface area contributed by atoms with Gasteiger partial charge in [0.2, 0.25) is 5.91 Å². The minimum atomic E-state index is -0.135. The lowest BCUT2D eigenvalue weighted by atomic mass is 9.98. The van der Waals surface area contributed by atoms with Crippen molar-refractivity contribution in [3.8, 4) is 0 Å². The molecule has 4 heteroatoms. The van der Waals surface area contributed by atoms with Gasteiger partial charge in [0.25, 0.3) is 0 Å². The molecule has 4 unspecified atom stereocenters. The van der Waals surface area contributed by atoms with Crippen LogP contribution in [-0.2, 0) is 4.79 Å². The van der Waals surface area contributed by atoms with Gasteiger partial charge in [-0.15, -0.1) is 0 Å². The summed E-state index contributed by atoms with van der Waals surface area (Å²) >= 11 is 6.01. The molecule has 1 aliphatic carbocycles. The highest BCUT2D eigenvalue weighted by molar-refractivity contribution is 6.30. The predicted molar refractivity (Wildman–Crippen MR) is 80.6 cm³/mol. The molecule has 2 N–H and O–H groups in total. The smallest absolute Gasteiger partial charge is 0.229 e. The minimum absolute atomic E-state index is 0.135. The highest BCUT2D eigenvalue weighted by atomic mass is 35.5. The minimum Gasteiger partial charge on any atom is -0.342 e. The first-order valence-corrected chi connectivity index (χ1v) is 7.74. The first kappa shape index (κ1) is 13.9. The van der Waals surface area contributed by atoms with Crippen molar-refractivity contribution in [3.05, 3.63) is 34.9 Å². The van der Waals surface area contributed by atoms with E-state index in [9.17, 15) is 4.79 Å². The molecular formula is C16H21ClN2O. The lowest BCUT2D eigenvalue weighted by Gasteiger charge is -2.23. The summed E-state index contributed by atoms with van der Waals surface area (Å²) in [5.74, 6) is 1.18. The topological polar surface area (TPSA) is 46.3 Å². The first-order chi connectivity index (χ1) is 9.56.